The van der Waals surface area contributed by atoms with Crippen LogP contribution in [0.4, 0.5) is 5.13 Å². The molecular formula is C15H18ClN3OS2. The fourth-order valence-corrected chi connectivity index (χ4v) is 3.66. The molecule has 0 aliphatic carbocycles. The van der Waals surface area contributed by atoms with Crippen LogP contribution >= 0.6 is 34.7 Å². The van der Waals surface area contributed by atoms with E-state index < -0.39 is 0 Å². The maximum absolute atomic E-state index is 11.9. The topological polar surface area (TPSA) is 54.9 Å². The molecule has 0 spiro atoms. The second-order valence-corrected chi connectivity index (χ2v) is 8.71. The van der Waals surface area contributed by atoms with E-state index in [1.54, 1.807) is 11.8 Å². The van der Waals surface area contributed by atoms with Crippen LogP contribution in [0.5, 0.6) is 0 Å². The summed E-state index contributed by atoms with van der Waals surface area (Å²) in [6.07, 6.45) is 0.456. The van der Waals surface area contributed by atoms with Gasteiger partial charge in [0, 0.05) is 17.2 Å². The van der Waals surface area contributed by atoms with Crippen LogP contribution in [0.15, 0.2) is 28.6 Å². The van der Waals surface area contributed by atoms with Gasteiger partial charge in [-0.05, 0) is 23.1 Å². The minimum absolute atomic E-state index is 0.0324. The maximum atomic E-state index is 11.9. The minimum atomic E-state index is -0.0427. The number of benzene rings is 1. The van der Waals surface area contributed by atoms with Gasteiger partial charge in [-0.15, -0.1) is 10.2 Å². The van der Waals surface area contributed by atoms with Crippen LogP contribution in [0.2, 0.25) is 5.02 Å². The number of carbonyl (C=O) groups excluding carboxylic acids is 1. The number of nitrogens with zero attached hydrogens (tertiary/aromatic N) is 2. The molecule has 22 heavy (non-hydrogen) atoms. The summed E-state index contributed by atoms with van der Waals surface area (Å²) in [7, 11) is 0. The Morgan fingerprint density at radius 3 is 2.82 bits per heavy atom. The summed E-state index contributed by atoms with van der Waals surface area (Å²) in [4.78, 5) is 11.9. The molecule has 0 radical (unpaired) electrons. The number of hydrogen-bond acceptors (Lipinski definition) is 5. The highest BCUT2D eigenvalue weighted by atomic mass is 35.5. The Morgan fingerprint density at radius 2 is 2.14 bits per heavy atom. The van der Waals surface area contributed by atoms with Gasteiger partial charge < -0.3 is 5.32 Å². The lowest BCUT2D eigenvalue weighted by molar-refractivity contribution is -0.117. The summed E-state index contributed by atoms with van der Waals surface area (Å²) in [5.41, 5.74) is 1.09. The average Bonchev–Trinajstić information content (AvgIpc) is 2.81. The van der Waals surface area contributed by atoms with Crippen molar-refractivity contribution in [2.75, 3.05) is 5.32 Å². The summed E-state index contributed by atoms with van der Waals surface area (Å²) >= 11 is 8.92. The Hall–Kier alpha value is -1.11. The number of nitrogens with one attached hydrogen (secondary N) is 1. The number of aromatic nitrogens is 2. The molecule has 0 atom stereocenters. The third-order valence-corrected chi connectivity index (χ3v) is 4.87. The summed E-state index contributed by atoms with van der Waals surface area (Å²) in [6, 6.07) is 7.73. The van der Waals surface area contributed by atoms with Gasteiger partial charge in [-0.1, -0.05) is 67.6 Å². The largest absolute Gasteiger partial charge is 0.300 e. The summed E-state index contributed by atoms with van der Waals surface area (Å²) in [5.74, 6) is 0.737. The zero-order chi connectivity index (χ0) is 16.2. The quantitative estimate of drug-likeness (QED) is 0.614. The molecule has 0 saturated heterocycles. The van der Waals surface area contributed by atoms with Crippen molar-refractivity contribution >= 4 is 45.7 Å². The second-order valence-electron chi connectivity index (χ2n) is 6.08. The molecule has 1 N–H and O–H groups in total. The molecule has 0 fully saturated rings. The lowest BCUT2D eigenvalue weighted by Gasteiger charge is -2.16. The van der Waals surface area contributed by atoms with Crippen molar-refractivity contribution in [3.63, 3.8) is 0 Å². The van der Waals surface area contributed by atoms with Gasteiger partial charge in [0.25, 0.3) is 0 Å². The third-order valence-electron chi connectivity index (χ3n) is 2.60. The van der Waals surface area contributed by atoms with Crippen LogP contribution < -0.4 is 5.32 Å². The van der Waals surface area contributed by atoms with E-state index in [0.29, 0.717) is 11.6 Å². The number of carbonyl (C=O) groups is 1. The standard InChI is InChI=1S/C15H18ClN3OS2/c1-15(2,3)8-12(20)17-13-18-19-14(22-13)21-9-10-5-4-6-11(16)7-10/h4-7H,8-9H2,1-3H3,(H,17,18,20). The van der Waals surface area contributed by atoms with Crippen LogP contribution in [-0.2, 0) is 10.5 Å². The normalized spacial score (nSPS) is 11.5. The van der Waals surface area contributed by atoms with E-state index in [2.05, 4.69) is 15.5 Å². The average molecular weight is 356 g/mol. The molecule has 0 bridgehead atoms. The van der Waals surface area contributed by atoms with Gasteiger partial charge in [0.2, 0.25) is 11.0 Å². The molecule has 0 unspecified atom stereocenters. The van der Waals surface area contributed by atoms with Crippen LogP contribution in [-0.4, -0.2) is 16.1 Å². The van der Waals surface area contributed by atoms with Gasteiger partial charge in [0.1, 0.15) is 0 Å². The van der Waals surface area contributed by atoms with Gasteiger partial charge in [-0.2, -0.15) is 0 Å². The molecule has 118 valence electrons. The Bertz CT molecular complexity index is 652. The van der Waals surface area contributed by atoms with Crippen LogP contribution in [0.1, 0.15) is 32.8 Å². The second kappa shape index (κ2) is 7.44. The molecule has 1 aromatic heterocycles. The van der Waals surface area contributed by atoms with Crippen LogP contribution in [0, 0.1) is 5.41 Å². The number of anilines is 1. The van der Waals surface area contributed by atoms with Gasteiger partial charge in [-0.3, -0.25) is 4.79 Å². The first kappa shape index (κ1) is 17.2. The lowest BCUT2D eigenvalue weighted by Crippen LogP contribution is -2.19. The van der Waals surface area contributed by atoms with Crippen molar-refractivity contribution < 1.29 is 4.79 Å². The number of amides is 1. The predicted molar refractivity (Wildman–Crippen MR) is 93.6 cm³/mol. The molecule has 1 amide bonds. The predicted octanol–water partition coefficient (Wildman–Crippen LogP) is 4.86. The first-order valence-electron chi connectivity index (χ1n) is 6.82. The number of halogens is 1. The smallest absolute Gasteiger partial charge is 0.226 e. The van der Waals surface area contributed by atoms with Crippen LogP contribution in [0.25, 0.3) is 0 Å². The zero-order valence-electron chi connectivity index (χ0n) is 12.7. The first-order chi connectivity index (χ1) is 10.3. The highest BCUT2D eigenvalue weighted by molar-refractivity contribution is 8.00. The first-order valence-corrected chi connectivity index (χ1v) is 9.00. The Morgan fingerprint density at radius 1 is 1.36 bits per heavy atom. The molecule has 4 nitrogen and oxygen atoms in total. The lowest BCUT2D eigenvalue weighted by atomic mass is 9.92. The summed E-state index contributed by atoms with van der Waals surface area (Å²) in [6.45, 7) is 6.08. The molecule has 2 aromatic rings. The summed E-state index contributed by atoms with van der Waals surface area (Å²) < 4.78 is 0.825. The zero-order valence-corrected chi connectivity index (χ0v) is 15.1. The molecular weight excluding hydrogens is 338 g/mol. The van der Waals surface area contributed by atoms with Crippen molar-refractivity contribution in [3.8, 4) is 0 Å². The molecule has 0 aliphatic rings. The van der Waals surface area contributed by atoms with E-state index in [4.69, 9.17) is 11.6 Å². The molecule has 2 rings (SSSR count). The van der Waals surface area contributed by atoms with Gasteiger partial charge in [-0.25, -0.2) is 0 Å². The van der Waals surface area contributed by atoms with Crippen molar-refractivity contribution in [2.24, 2.45) is 5.41 Å². The molecule has 7 heteroatoms. The third kappa shape index (κ3) is 5.94. The van der Waals surface area contributed by atoms with E-state index >= 15 is 0 Å². The van der Waals surface area contributed by atoms with E-state index in [-0.39, 0.29) is 11.3 Å². The molecule has 0 aliphatic heterocycles. The van der Waals surface area contributed by atoms with E-state index in [9.17, 15) is 4.79 Å². The Labute approximate surface area is 143 Å². The van der Waals surface area contributed by atoms with Gasteiger partial charge >= 0.3 is 0 Å². The number of hydrogen-bond donors (Lipinski definition) is 1. The fourth-order valence-electron chi connectivity index (χ4n) is 1.74. The van der Waals surface area contributed by atoms with Gasteiger partial charge in [0.15, 0.2) is 4.34 Å². The van der Waals surface area contributed by atoms with E-state index in [1.807, 2.05) is 45.0 Å². The van der Waals surface area contributed by atoms with Crippen molar-refractivity contribution in [2.45, 2.75) is 37.3 Å². The molecule has 1 heterocycles. The highest BCUT2D eigenvalue weighted by Gasteiger charge is 2.17. The molecule has 1 aromatic carbocycles. The highest BCUT2D eigenvalue weighted by Crippen LogP contribution is 2.29. The van der Waals surface area contributed by atoms with Crippen LogP contribution in [0.3, 0.4) is 0 Å². The van der Waals surface area contributed by atoms with E-state index in [1.165, 1.54) is 11.3 Å². The van der Waals surface area contributed by atoms with E-state index in [0.717, 1.165) is 20.7 Å². The number of thioether (sulfide) groups is 1. The van der Waals surface area contributed by atoms with Crippen molar-refractivity contribution in [3.05, 3.63) is 34.9 Å². The van der Waals surface area contributed by atoms with Gasteiger partial charge in [0.05, 0.1) is 0 Å². The Balaban J connectivity index is 1.87. The monoisotopic (exact) mass is 355 g/mol. The maximum Gasteiger partial charge on any atom is 0.226 e. The SMILES string of the molecule is CC(C)(C)CC(=O)Nc1nnc(SCc2cccc(Cl)c2)s1. The Kier molecular flexibility index (Phi) is 5.83. The number of rotatable bonds is 5. The fraction of sp³-hybridized carbons (Fsp3) is 0.400. The van der Waals surface area contributed by atoms with Crippen molar-refractivity contribution in [1.82, 2.24) is 10.2 Å². The summed E-state index contributed by atoms with van der Waals surface area (Å²) in [5, 5.41) is 12.2. The van der Waals surface area contributed by atoms with Crippen molar-refractivity contribution in [1.29, 1.82) is 0 Å². The molecule has 0 saturated carbocycles. The minimum Gasteiger partial charge on any atom is -0.300 e.